The van der Waals surface area contributed by atoms with E-state index in [4.69, 9.17) is 0 Å². The van der Waals surface area contributed by atoms with E-state index in [1.807, 2.05) is 30.3 Å². The Balaban J connectivity index is 1.25. The van der Waals surface area contributed by atoms with Crippen LogP contribution < -0.4 is 5.32 Å². The lowest BCUT2D eigenvalue weighted by molar-refractivity contribution is -0.130. The van der Waals surface area contributed by atoms with Crippen molar-refractivity contribution in [3.63, 3.8) is 0 Å². The van der Waals surface area contributed by atoms with Gasteiger partial charge in [0, 0.05) is 49.3 Å². The maximum absolute atomic E-state index is 13.6. The average molecular weight is 530 g/mol. The number of amides is 1. The Hall–Kier alpha value is -2.39. The summed E-state index contributed by atoms with van der Waals surface area (Å²) < 4.78 is 29.5. The first-order chi connectivity index (χ1) is 18.3. The number of benzene rings is 1. The minimum Gasteiger partial charge on any atom is -0.388 e. The number of piperidine rings is 1. The summed E-state index contributed by atoms with van der Waals surface area (Å²) in [4.78, 5) is 15.7. The molecule has 2 aromatic rings. The largest absolute Gasteiger partial charge is 0.388 e. The van der Waals surface area contributed by atoms with Crippen LogP contribution in [0, 0.1) is 5.92 Å². The van der Waals surface area contributed by atoms with Crippen molar-refractivity contribution in [2.75, 3.05) is 6.54 Å². The number of nitrogens with zero attached hydrogens (tertiary/aromatic N) is 4. The number of carbonyl (C=O) groups excluding carboxylic acids is 1. The summed E-state index contributed by atoms with van der Waals surface area (Å²) in [6, 6.07) is 11.0. The Morgan fingerprint density at radius 3 is 2.32 bits per heavy atom. The molecule has 1 aliphatic carbocycles. The SMILES string of the molecule is CC(C)c1nnc(CO)n1C1CC2CCC(C1)N2CC[C@H](NC(=O)C1CCC(F)(F)CC1)c1ccccc1. The Labute approximate surface area is 224 Å². The predicted molar refractivity (Wildman–Crippen MR) is 141 cm³/mol. The van der Waals surface area contributed by atoms with Gasteiger partial charge < -0.3 is 15.0 Å². The summed E-state index contributed by atoms with van der Waals surface area (Å²) >= 11 is 0. The van der Waals surface area contributed by atoms with E-state index >= 15 is 0 Å². The third-order valence-corrected chi connectivity index (χ3v) is 8.96. The summed E-state index contributed by atoms with van der Waals surface area (Å²) in [6.45, 7) is 4.99. The molecule has 2 bridgehead atoms. The second kappa shape index (κ2) is 11.4. The monoisotopic (exact) mass is 529 g/mol. The molecule has 7 nitrogen and oxygen atoms in total. The van der Waals surface area contributed by atoms with Crippen molar-refractivity contribution in [3.8, 4) is 0 Å². The van der Waals surface area contributed by atoms with Gasteiger partial charge in [0.2, 0.25) is 11.8 Å². The van der Waals surface area contributed by atoms with Crippen LogP contribution in [-0.4, -0.2) is 55.2 Å². The van der Waals surface area contributed by atoms with Gasteiger partial charge in [-0.05, 0) is 50.5 Å². The number of aliphatic hydroxyl groups excluding tert-OH is 1. The molecule has 3 atom stereocenters. The van der Waals surface area contributed by atoms with Crippen molar-refractivity contribution in [3.05, 3.63) is 47.5 Å². The molecule has 3 fully saturated rings. The lowest BCUT2D eigenvalue weighted by atomic mass is 9.86. The van der Waals surface area contributed by atoms with E-state index in [1.165, 1.54) is 0 Å². The summed E-state index contributed by atoms with van der Waals surface area (Å²) in [5.41, 5.74) is 1.06. The number of fused-ring (bicyclic) bond motifs is 2. The van der Waals surface area contributed by atoms with E-state index in [1.54, 1.807) is 0 Å². The van der Waals surface area contributed by atoms with Crippen molar-refractivity contribution < 1.29 is 18.7 Å². The van der Waals surface area contributed by atoms with Gasteiger partial charge in [-0.25, -0.2) is 8.78 Å². The van der Waals surface area contributed by atoms with Crippen LogP contribution in [-0.2, 0) is 11.4 Å². The molecule has 2 unspecified atom stereocenters. The highest BCUT2D eigenvalue weighted by Crippen LogP contribution is 2.43. The lowest BCUT2D eigenvalue weighted by Crippen LogP contribution is -2.45. The third-order valence-electron chi connectivity index (χ3n) is 8.96. The minimum absolute atomic E-state index is 0.0959. The maximum Gasteiger partial charge on any atom is 0.248 e. The third kappa shape index (κ3) is 5.78. The molecule has 1 aromatic carbocycles. The highest BCUT2D eigenvalue weighted by atomic mass is 19.3. The molecule has 2 N–H and O–H groups in total. The molecule has 5 rings (SSSR count). The zero-order valence-electron chi connectivity index (χ0n) is 22.5. The van der Waals surface area contributed by atoms with E-state index < -0.39 is 5.92 Å². The zero-order chi connectivity index (χ0) is 26.9. The van der Waals surface area contributed by atoms with Crippen LogP contribution in [0.25, 0.3) is 0 Å². The van der Waals surface area contributed by atoms with Gasteiger partial charge in [0.05, 0.1) is 6.04 Å². The fraction of sp³-hybridized carbons (Fsp3) is 0.690. The van der Waals surface area contributed by atoms with Gasteiger partial charge >= 0.3 is 0 Å². The van der Waals surface area contributed by atoms with Crippen LogP contribution in [0.1, 0.15) is 107 Å². The maximum atomic E-state index is 13.6. The average Bonchev–Trinajstić information content (AvgIpc) is 3.44. The van der Waals surface area contributed by atoms with Gasteiger partial charge in [0.15, 0.2) is 5.82 Å². The molecule has 2 aliphatic heterocycles. The molecule has 9 heteroatoms. The van der Waals surface area contributed by atoms with E-state index in [9.17, 15) is 18.7 Å². The molecule has 3 aliphatic rings. The Morgan fingerprint density at radius 1 is 1.05 bits per heavy atom. The van der Waals surface area contributed by atoms with Crippen LogP contribution in [0.3, 0.4) is 0 Å². The smallest absolute Gasteiger partial charge is 0.248 e. The van der Waals surface area contributed by atoms with Crippen molar-refractivity contribution in [1.82, 2.24) is 25.0 Å². The number of hydrogen-bond donors (Lipinski definition) is 2. The summed E-state index contributed by atoms with van der Waals surface area (Å²) in [5, 5.41) is 21.7. The molecule has 208 valence electrons. The number of hydrogen-bond acceptors (Lipinski definition) is 5. The Morgan fingerprint density at radius 2 is 1.71 bits per heavy atom. The highest BCUT2D eigenvalue weighted by molar-refractivity contribution is 5.79. The normalized spacial score (nSPS) is 26.5. The zero-order valence-corrected chi connectivity index (χ0v) is 22.5. The van der Waals surface area contributed by atoms with Gasteiger partial charge in [0.1, 0.15) is 12.4 Å². The fourth-order valence-corrected chi connectivity index (χ4v) is 6.94. The van der Waals surface area contributed by atoms with Gasteiger partial charge in [-0.1, -0.05) is 44.2 Å². The number of halogens is 2. The van der Waals surface area contributed by atoms with Crippen molar-refractivity contribution in [1.29, 1.82) is 0 Å². The minimum atomic E-state index is -2.64. The first-order valence-electron chi connectivity index (χ1n) is 14.3. The summed E-state index contributed by atoms with van der Waals surface area (Å²) in [5.74, 6) is -1.24. The van der Waals surface area contributed by atoms with Crippen molar-refractivity contribution in [2.45, 2.75) is 114 Å². The van der Waals surface area contributed by atoms with Crippen molar-refractivity contribution in [2.24, 2.45) is 5.92 Å². The molecular formula is C29H41F2N5O2. The Bertz CT molecular complexity index is 1070. The number of rotatable bonds is 9. The van der Waals surface area contributed by atoms with E-state index in [2.05, 4.69) is 38.8 Å². The fourth-order valence-electron chi connectivity index (χ4n) is 6.94. The van der Waals surface area contributed by atoms with Crippen LogP contribution >= 0.6 is 0 Å². The van der Waals surface area contributed by atoms with Gasteiger partial charge in [-0.15, -0.1) is 10.2 Å². The number of alkyl halides is 2. The van der Waals surface area contributed by atoms with E-state index in [0.29, 0.717) is 17.9 Å². The van der Waals surface area contributed by atoms with Crippen LogP contribution in [0.2, 0.25) is 0 Å². The molecule has 1 aromatic heterocycles. The quantitative estimate of drug-likeness (QED) is 0.470. The Kier molecular flexibility index (Phi) is 8.14. The van der Waals surface area contributed by atoms with Gasteiger partial charge in [-0.2, -0.15) is 0 Å². The molecule has 0 radical (unpaired) electrons. The van der Waals surface area contributed by atoms with Crippen LogP contribution in [0.5, 0.6) is 0 Å². The van der Waals surface area contributed by atoms with Crippen LogP contribution in [0.15, 0.2) is 30.3 Å². The molecule has 38 heavy (non-hydrogen) atoms. The number of carbonyl (C=O) groups is 1. The number of nitrogens with one attached hydrogen (secondary N) is 1. The second-order valence-electron chi connectivity index (χ2n) is 11.8. The van der Waals surface area contributed by atoms with Crippen LogP contribution in [0.4, 0.5) is 8.78 Å². The standard InChI is InChI=1S/C29H41F2N5O2/c1-19(2)27-34-33-26(18-37)36(27)24-16-22-8-9-23(17-24)35(22)15-12-25(20-6-4-3-5-7-20)32-28(38)21-10-13-29(30,31)14-11-21/h3-7,19,21-25,37H,8-18H2,1-2H3,(H,32,38)/t22?,23?,24?,25-/m0/s1. The first-order valence-corrected chi connectivity index (χ1v) is 14.3. The topological polar surface area (TPSA) is 83.3 Å². The number of aromatic nitrogens is 3. The highest BCUT2D eigenvalue weighted by Gasteiger charge is 2.43. The lowest BCUT2D eigenvalue weighted by Gasteiger charge is -2.41. The molecule has 3 heterocycles. The van der Waals surface area contributed by atoms with Gasteiger partial charge in [0.25, 0.3) is 0 Å². The molecule has 0 spiro atoms. The molecule has 1 amide bonds. The van der Waals surface area contributed by atoms with Crippen molar-refractivity contribution >= 4 is 5.91 Å². The van der Waals surface area contributed by atoms with E-state index in [0.717, 1.165) is 50.0 Å². The molecular weight excluding hydrogens is 488 g/mol. The molecule has 2 saturated heterocycles. The summed E-state index contributed by atoms with van der Waals surface area (Å²) in [7, 11) is 0. The first kappa shape index (κ1) is 27.2. The second-order valence-corrected chi connectivity index (χ2v) is 11.8. The predicted octanol–water partition coefficient (Wildman–Crippen LogP) is 5.13. The number of aliphatic hydroxyl groups is 1. The molecule has 1 saturated carbocycles. The van der Waals surface area contributed by atoms with Gasteiger partial charge in [-0.3, -0.25) is 9.69 Å². The summed E-state index contributed by atoms with van der Waals surface area (Å²) in [6.07, 6.45) is 5.15. The van der Waals surface area contributed by atoms with E-state index in [-0.39, 0.29) is 62.1 Å².